The second kappa shape index (κ2) is 11.5. The maximum Gasteiger partial charge on any atom is 0.407 e. The van der Waals surface area contributed by atoms with E-state index in [0.717, 1.165) is 29.8 Å². The molecule has 1 amide bonds. The van der Waals surface area contributed by atoms with E-state index in [0.29, 0.717) is 19.0 Å². The quantitative estimate of drug-likeness (QED) is 0.425. The number of nitrogens with zero attached hydrogens (tertiary/aromatic N) is 2. The number of hydrogen-bond donors (Lipinski definition) is 2. The Labute approximate surface area is 201 Å². The lowest BCUT2D eigenvalue weighted by molar-refractivity contribution is -0.141. The fourth-order valence-electron chi connectivity index (χ4n) is 3.74. The van der Waals surface area contributed by atoms with Crippen molar-refractivity contribution in [3.05, 3.63) is 60.2 Å². The molecule has 1 aliphatic heterocycles. The Bertz CT molecular complexity index is 1000. The molecule has 34 heavy (non-hydrogen) atoms. The van der Waals surface area contributed by atoms with Crippen LogP contribution in [-0.2, 0) is 14.3 Å². The van der Waals surface area contributed by atoms with Crippen LogP contribution in [0.15, 0.2) is 59.6 Å². The van der Waals surface area contributed by atoms with Gasteiger partial charge in [-0.05, 0) is 57.4 Å². The van der Waals surface area contributed by atoms with E-state index < -0.39 is 11.7 Å². The third-order valence-corrected chi connectivity index (χ3v) is 5.24. The molecule has 8 nitrogen and oxygen atoms in total. The molecule has 3 rings (SSSR count). The Morgan fingerprint density at radius 1 is 1.06 bits per heavy atom. The van der Waals surface area contributed by atoms with Crippen molar-refractivity contribution in [1.82, 2.24) is 5.32 Å². The van der Waals surface area contributed by atoms with Crippen molar-refractivity contribution in [2.24, 2.45) is 4.99 Å². The number of carbonyl (C=O) groups excluding carboxylic acids is 2. The molecule has 2 aromatic rings. The maximum atomic E-state index is 12.3. The molecule has 0 saturated heterocycles. The number of methoxy groups -OCH3 is 1. The Balaban J connectivity index is 1.73. The number of amides is 1. The van der Waals surface area contributed by atoms with Gasteiger partial charge < -0.3 is 25.0 Å². The summed E-state index contributed by atoms with van der Waals surface area (Å²) in [4.78, 5) is 31.0. The predicted octanol–water partition coefficient (Wildman–Crippen LogP) is 4.88. The number of fused-ring (bicyclic) bond motifs is 1. The summed E-state index contributed by atoms with van der Waals surface area (Å²) >= 11 is 0. The monoisotopic (exact) mass is 466 g/mol. The first-order chi connectivity index (χ1) is 16.3. The Hall–Kier alpha value is -3.55. The zero-order valence-electron chi connectivity index (χ0n) is 20.3. The highest BCUT2D eigenvalue weighted by Crippen LogP contribution is 2.38. The standard InChI is InChI=1S/C26H34N4O4/c1-26(2,3)34-25(32)28-17-11-10-16-27-24-29-21-15-9-8-14-20(21)22(18-23(31)33-4)30(24)19-12-6-5-7-13-19/h5-9,12-15,22H,10-11,16-18H2,1-4H3,(H,27,29)(H,28,32). The number of hydrogen-bond acceptors (Lipinski definition) is 5. The number of aliphatic imine (C=N–C) groups is 1. The third kappa shape index (κ3) is 6.97. The summed E-state index contributed by atoms with van der Waals surface area (Å²) in [6.45, 7) is 6.59. The minimum absolute atomic E-state index is 0.197. The van der Waals surface area contributed by atoms with Crippen molar-refractivity contribution in [1.29, 1.82) is 0 Å². The van der Waals surface area contributed by atoms with Crippen LogP contribution in [0.3, 0.4) is 0 Å². The zero-order valence-corrected chi connectivity index (χ0v) is 20.3. The van der Waals surface area contributed by atoms with E-state index in [-0.39, 0.29) is 18.4 Å². The topological polar surface area (TPSA) is 92.3 Å². The number of ether oxygens (including phenoxy) is 2. The van der Waals surface area contributed by atoms with Gasteiger partial charge in [-0.25, -0.2) is 4.79 Å². The van der Waals surface area contributed by atoms with Crippen molar-refractivity contribution < 1.29 is 19.1 Å². The summed E-state index contributed by atoms with van der Waals surface area (Å²) in [5, 5.41) is 6.21. The van der Waals surface area contributed by atoms with E-state index in [4.69, 9.17) is 14.5 Å². The van der Waals surface area contributed by atoms with Gasteiger partial charge in [0.2, 0.25) is 5.96 Å². The molecule has 0 fully saturated rings. The largest absolute Gasteiger partial charge is 0.469 e. The Morgan fingerprint density at radius 3 is 2.47 bits per heavy atom. The summed E-state index contributed by atoms with van der Waals surface area (Å²) in [6.07, 6.45) is 1.34. The smallest absolute Gasteiger partial charge is 0.407 e. The molecule has 8 heteroatoms. The first-order valence-corrected chi connectivity index (χ1v) is 11.6. The van der Waals surface area contributed by atoms with Gasteiger partial charge >= 0.3 is 12.1 Å². The maximum absolute atomic E-state index is 12.3. The van der Waals surface area contributed by atoms with Crippen molar-refractivity contribution in [2.45, 2.75) is 51.7 Å². The normalized spacial score (nSPS) is 16.4. The molecule has 0 radical (unpaired) electrons. The number of guanidine groups is 1. The number of alkyl carbamates (subject to hydrolysis) is 1. The fourth-order valence-corrected chi connectivity index (χ4v) is 3.74. The van der Waals surface area contributed by atoms with Crippen LogP contribution in [0.4, 0.5) is 16.2 Å². The number of para-hydroxylation sites is 2. The number of benzene rings is 2. The average molecular weight is 467 g/mol. The van der Waals surface area contributed by atoms with E-state index in [9.17, 15) is 9.59 Å². The summed E-state index contributed by atoms with van der Waals surface area (Å²) in [5.41, 5.74) is 2.36. The van der Waals surface area contributed by atoms with Gasteiger partial charge in [0.1, 0.15) is 5.60 Å². The van der Waals surface area contributed by atoms with Gasteiger partial charge in [-0.1, -0.05) is 36.4 Å². The molecule has 182 valence electrons. The van der Waals surface area contributed by atoms with Crippen molar-refractivity contribution in [3.8, 4) is 0 Å². The molecule has 0 bridgehead atoms. The lowest BCUT2D eigenvalue weighted by Crippen LogP contribution is -2.44. The van der Waals surface area contributed by atoms with Crippen molar-refractivity contribution in [3.63, 3.8) is 0 Å². The molecule has 2 N–H and O–H groups in total. The molecule has 2 aromatic carbocycles. The van der Waals surface area contributed by atoms with Gasteiger partial charge in [-0.15, -0.1) is 0 Å². The summed E-state index contributed by atoms with van der Waals surface area (Å²) in [6, 6.07) is 17.6. The molecule has 0 saturated carbocycles. The van der Waals surface area contributed by atoms with Crippen LogP contribution < -0.4 is 15.5 Å². The first-order valence-electron chi connectivity index (χ1n) is 11.6. The summed E-state index contributed by atoms with van der Waals surface area (Å²) < 4.78 is 10.2. The van der Waals surface area contributed by atoms with Crippen molar-refractivity contribution in [2.75, 3.05) is 30.4 Å². The number of esters is 1. The first kappa shape index (κ1) is 25.1. The van der Waals surface area contributed by atoms with E-state index in [1.54, 1.807) is 0 Å². The van der Waals surface area contributed by atoms with Crippen LogP contribution in [0, 0.1) is 0 Å². The molecule has 1 unspecified atom stereocenters. The van der Waals surface area contributed by atoms with Crippen molar-refractivity contribution >= 4 is 29.4 Å². The van der Waals surface area contributed by atoms with Crippen LogP contribution in [0.2, 0.25) is 0 Å². The third-order valence-electron chi connectivity index (χ3n) is 5.24. The van der Waals surface area contributed by atoms with Crippen LogP contribution in [0.25, 0.3) is 0 Å². The lowest BCUT2D eigenvalue weighted by atomic mass is 9.97. The minimum atomic E-state index is -0.513. The van der Waals surface area contributed by atoms with Gasteiger partial charge in [0.05, 0.1) is 19.6 Å². The molecule has 0 aliphatic carbocycles. The predicted molar refractivity (Wildman–Crippen MR) is 134 cm³/mol. The number of unbranched alkanes of at least 4 members (excludes halogenated alkanes) is 1. The number of nitrogens with one attached hydrogen (secondary N) is 2. The zero-order chi connectivity index (χ0) is 24.6. The Kier molecular flexibility index (Phi) is 8.51. The van der Waals surface area contributed by atoms with E-state index in [1.165, 1.54) is 7.11 Å². The molecule has 1 atom stereocenters. The van der Waals surface area contributed by atoms with Crippen LogP contribution in [0.5, 0.6) is 0 Å². The number of rotatable bonds is 8. The van der Waals surface area contributed by atoms with Crippen LogP contribution in [0.1, 0.15) is 51.6 Å². The second-order valence-corrected chi connectivity index (χ2v) is 9.05. The van der Waals surface area contributed by atoms with E-state index >= 15 is 0 Å². The van der Waals surface area contributed by atoms with Crippen LogP contribution in [-0.4, -0.2) is 43.8 Å². The SMILES string of the molecule is COC(=O)CC1c2ccccc2NC(=NCCCCNC(=O)OC(C)(C)C)N1c1ccccc1. The molecule has 0 aromatic heterocycles. The average Bonchev–Trinajstić information content (AvgIpc) is 2.80. The highest BCUT2D eigenvalue weighted by Gasteiger charge is 2.33. The summed E-state index contributed by atoms with van der Waals surface area (Å²) in [7, 11) is 1.41. The highest BCUT2D eigenvalue weighted by molar-refractivity contribution is 6.09. The van der Waals surface area contributed by atoms with Gasteiger partial charge in [0.15, 0.2) is 0 Å². The molecular formula is C26H34N4O4. The highest BCUT2D eigenvalue weighted by atomic mass is 16.6. The van der Waals surface area contributed by atoms with E-state index in [2.05, 4.69) is 15.5 Å². The molecule has 1 heterocycles. The molecular weight excluding hydrogens is 432 g/mol. The summed E-state index contributed by atoms with van der Waals surface area (Å²) in [5.74, 6) is 0.397. The molecule has 0 spiro atoms. The fraction of sp³-hybridized carbons (Fsp3) is 0.423. The Morgan fingerprint density at radius 2 is 1.76 bits per heavy atom. The number of anilines is 2. The number of carbonyl (C=O) groups is 2. The van der Waals surface area contributed by atoms with Gasteiger partial charge in [-0.2, -0.15) is 0 Å². The minimum Gasteiger partial charge on any atom is -0.469 e. The van der Waals surface area contributed by atoms with Gasteiger partial charge in [0.25, 0.3) is 0 Å². The second-order valence-electron chi connectivity index (χ2n) is 9.05. The lowest BCUT2D eigenvalue weighted by Gasteiger charge is -2.39. The van der Waals surface area contributed by atoms with Gasteiger partial charge in [0, 0.05) is 24.5 Å². The molecule has 1 aliphatic rings. The van der Waals surface area contributed by atoms with E-state index in [1.807, 2.05) is 75.4 Å². The van der Waals surface area contributed by atoms with Crippen LogP contribution >= 0.6 is 0 Å². The van der Waals surface area contributed by atoms with Gasteiger partial charge in [-0.3, -0.25) is 9.79 Å².